The molecule has 2 aromatic rings. The molecule has 3 nitrogen and oxygen atoms in total. The summed E-state index contributed by atoms with van der Waals surface area (Å²) < 4.78 is 1.05. The maximum absolute atomic E-state index is 5.59. The van der Waals surface area contributed by atoms with Crippen LogP contribution >= 0.6 is 28.1 Å². The Kier molecular flexibility index (Phi) is 3.93. The number of pyridine rings is 1. The van der Waals surface area contributed by atoms with Gasteiger partial charge in [0, 0.05) is 21.9 Å². The summed E-state index contributed by atoms with van der Waals surface area (Å²) in [6.45, 7) is 2.04. The fraction of sp³-hybridized carbons (Fsp3) is 0.0769. The molecule has 92 valence electrons. The van der Waals surface area contributed by atoms with Crippen LogP contribution in [0.4, 0.5) is 11.5 Å². The van der Waals surface area contributed by atoms with E-state index in [1.54, 1.807) is 12.3 Å². The minimum atomic E-state index is 0.366. The molecule has 0 fully saturated rings. The van der Waals surface area contributed by atoms with Crippen molar-refractivity contribution in [1.29, 1.82) is 0 Å². The molecule has 2 rings (SSSR count). The van der Waals surface area contributed by atoms with E-state index in [-0.39, 0.29) is 0 Å². The smallest absolute Gasteiger partial charge is 0.130 e. The monoisotopic (exact) mass is 321 g/mol. The second-order valence-corrected chi connectivity index (χ2v) is 5.18. The summed E-state index contributed by atoms with van der Waals surface area (Å²) in [4.78, 5) is 4.59. The Morgan fingerprint density at radius 3 is 2.78 bits per heavy atom. The number of nitrogens with two attached hydrogens (primary N) is 1. The maximum atomic E-state index is 5.59. The lowest BCUT2D eigenvalue weighted by atomic mass is 10.2. The molecule has 0 aliphatic heterocycles. The lowest BCUT2D eigenvalue weighted by Gasteiger charge is -2.08. The molecule has 0 aliphatic rings. The van der Waals surface area contributed by atoms with Gasteiger partial charge < -0.3 is 11.1 Å². The summed E-state index contributed by atoms with van der Waals surface area (Å²) in [6, 6.07) is 9.65. The summed E-state index contributed by atoms with van der Waals surface area (Å²) in [5.41, 5.74) is 8.53. The zero-order valence-electron chi connectivity index (χ0n) is 9.77. The number of halogens is 1. The van der Waals surface area contributed by atoms with Gasteiger partial charge in [-0.15, -0.1) is 0 Å². The van der Waals surface area contributed by atoms with Crippen molar-refractivity contribution in [2.45, 2.75) is 6.92 Å². The molecule has 1 aromatic carbocycles. The van der Waals surface area contributed by atoms with Crippen LogP contribution in [0, 0.1) is 6.92 Å². The molecule has 0 aliphatic carbocycles. The minimum absolute atomic E-state index is 0.366. The summed E-state index contributed by atoms with van der Waals surface area (Å²) in [7, 11) is 0. The van der Waals surface area contributed by atoms with Gasteiger partial charge in [0.25, 0.3) is 0 Å². The van der Waals surface area contributed by atoms with E-state index in [1.165, 1.54) is 5.56 Å². The largest absolute Gasteiger partial charge is 0.389 e. The lowest BCUT2D eigenvalue weighted by molar-refractivity contribution is 1.30. The van der Waals surface area contributed by atoms with Crippen molar-refractivity contribution in [1.82, 2.24) is 4.98 Å². The third-order valence-electron chi connectivity index (χ3n) is 2.49. The van der Waals surface area contributed by atoms with Crippen LogP contribution < -0.4 is 11.1 Å². The Balaban J connectivity index is 2.25. The predicted octanol–water partition coefficient (Wildman–Crippen LogP) is 3.53. The van der Waals surface area contributed by atoms with Crippen molar-refractivity contribution < 1.29 is 0 Å². The van der Waals surface area contributed by atoms with E-state index in [0.717, 1.165) is 21.5 Å². The van der Waals surface area contributed by atoms with Crippen molar-refractivity contribution in [3.63, 3.8) is 0 Å². The number of benzene rings is 1. The van der Waals surface area contributed by atoms with Crippen LogP contribution in [0.15, 0.2) is 41.0 Å². The molecule has 5 heteroatoms. The number of hydrogen-bond donors (Lipinski definition) is 2. The van der Waals surface area contributed by atoms with Gasteiger partial charge in [0.15, 0.2) is 0 Å². The molecule has 1 heterocycles. The second kappa shape index (κ2) is 5.46. The van der Waals surface area contributed by atoms with Crippen LogP contribution in [-0.4, -0.2) is 9.97 Å². The zero-order chi connectivity index (χ0) is 13.1. The Labute approximate surface area is 120 Å². The highest BCUT2D eigenvalue weighted by molar-refractivity contribution is 9.10. The highest BCUT2D eigenvalue weighted by Gasteiger charge is 2.02. The van der Waals surface area contributed by atoms with E-state index >= 15 is 0 Å². The predicted molar refractivity (Wildman–Crippen MR) is 82.3 cm³/mol. The van der Waals surface area contributed by atoms with Gasteiger partial charge in [0.2, 0.25) is 0 Å². The van der Waals surface area contributed by atoms with E-state index < -0.39 is 0 Å². The Bertz CT molecular complexity index is 599. The first-order chi connectivity index (χ1) is 8.56. The molecule has 3 N–H and O–H groups in total. The summed E-state index contributed by atoms with van der Waals surface area (Å²) in [5, 5.41) is 3.21. The molecule has 0 saturated heterocycles. The van der Waals surface area contributed by atoms with E-state index in [1.807, 2.05) is 31.2 Å². The third kappa shape index (κ3) is 3.05. The van der Waals surface area contributed by atoms with Crippen molar-refractivity contribution in [2.75, 3.05) is 5.32 Å². The molecule has 0 radical (unpaired) electrons. The van der Waals surface area contributed by atoms with Crippen LogP contribution in [0.5, 0.6) is 0 Å². The quantitative estimate of drug-likeness (QED) is 0.849. The number of thiocarbonyl (C=S) groups is 1. The van der Waals surface area contributed by atoms with Crippen LogP contribution in [0.1, 0.15) is 11.1 Å². The van der Waals surface area contributed by atoms with Crippen LogP contribution in [0.25, 0.3) is 0 Å². The summed E-state index contributed by atoms with van der Waals surface area (Å²) in [6.07, 6.45) is 1.68. The molecule has 0 amide bonds. The Morgan fingerprint density at radius 2 is 2.11 bits per heavy atom. The van der Waals surface area contributed by atoms with Gasteiger partial charge in [-0.2, -0.15) is 0 Å². The number of aryl methyl sites for hydroxylation is 1. The first-order valence-electron chi connectivity index (χ1n) is 5.35. The number of anilines is 2. The molecule has 18 heavy (non-hydrogen) atoms. The fourth-order valence-corrected chi connectivity index (χ4v) is 1.98. The average Bonchev–Trinajstić information content (AvgIpc) is 2.34. The average molecular weight is 322 g/mol. The first-order valence-corrected chi connectivity index (χ1v) is 6.55. The van der Waals surface area contributed by atoms with Gasteiger partial charge in [-0.3, -0.25) is 0 Å². The van der Waals surface area contributed by atoms with Crippen molar-refractivity contribution >= 4 is 44.6 Å². The minimum Gasteiger partial charge on any atom is -0.389 e. The number of rotatable bonds is 3. The van der Waals surface area contributed by atoms with Crippen molar-refractivity contribution in [3.05, 3.63) is 52.1 Å². The molecular formula is C13H12BrN3S. The Morgan fingerprint density at radius 1 is 1.33 bits per heavy atom. The zero-order valence-corrected chi connectivity index (χ0v) is 12.2. The normalized spacial score (nSPS) is 10.1. The van der Waals surface area contributed by atoms with Gasteiger partial charge in [-0.25, -0.2) is 4.98 Å². The number of hydrogen-bond acceptors (Lipinski definition) is 3. The van der Waals surface area contributed by atoms with Gasteiger partial charge >= 0.3 is 0 Å². The molecule has 0 spiro atoms. The lowest BCUT2D eigenvalue weighted by Crippen LogP contribution is -2.09. The Hall–Kier alpha value is -1.46. The van der Waals surface area contributed by atoms with E-state index in [9.17, 15) is 0 Å². The van der Waals surface area contributed by atoms with E-state index in [0.29, 0.717) is 4.99 Å². The molecule has 1 aromatic heterocycles. The van der Waals surface area contributed by atoms with Crippen LogP contribution in [-0.2, 0) is 0 Å². The van der Waals surface area contributed by atoms with Gasteiger partial charge in [0.1, 0.15) is 10.8 Å². The number of aromatic nitrogens is 1. The van der Waals surface area contributed by atoms with Crippen LogP contribution in [0.2, 0.25) is 0 Å². The highest BCUT2D eigenvalue weighted by atomic mass is 79.9. The molecule has 0 unspecified atom stereocenters. The SMILES string of the molecule is Cc1ccc(Nc2cc(C(N)=S)ccn2)cc1Br. The van der Waals surface area contributed by atoms with Crippen LogP contribution in [0.3, 0.4) is 0 Å². The number of nitrogens with one attached hydrogen (secondary N) is 1. The van der Waals surface area contributed by atoms with E-state index in [4.69, 9.17) is 18.0 Å². The summed E-state index contributed by atoms with van der Waals surface area (Å²) in [5.74, 6) is 0.719. The summed E-state index contributed by atoms with van der Waals surface area (Å²) >= 11 is 8.43. The topological polar surface area (TPSA) is 50.9 Å². The van der Waals surface area contributed by atoms with Crippen molar-refractivity contribution in [3.8, 4) is 0 Å². The van der Waals surface area contributed by atoms with Crippen molar-refractivity contribution in [2.24, 2.45) is 5.73 Å². The molecule has 0 bridgehead atoms. The first kappa shape index (κ1) is 13.0. The maximum Gasteiger partial charge on any atom is 0.130 e. The number of nitrogens with zero attached hydrogens (tertiary/aromatic N) is 1. The highest BCUT2D eigenvalue weighted by Crippen LogP contribution is 2.23. The fourth-order valence-electron chi connectivity index (χ4n) is 1.47. The van der Waals surface area contributed by atoms with E-state index in [2.05, 4.69) is 26.2 Å². The molecule has 0 atom stereocenters. The van der Waals surface area contributed by atoms with Gasteiger partial charge in [-0.1, -0.05) is 34.2 Å². The van der Waals surface area contributed by atoms with Gasteiger partial charge in [0.05, 0.1) is 0 Å². The van der Waals surface area contributed by atoms with Gasteiger partial charge in [-0.05, 0) is 36.8 Å². The second-order valence-electron chi connectivity index (χ2n) is 3.88. The molecule has 0 saturated carbocycles. The standard InChI is InChI=1S/C13H12BrN3S/c1-8-2-3-10(7-11(8)14)17-12-6-9(13(15)18)4-5-16-12/h2-7H,1H3,(H2,15,18)(H,16,17). The molecular weight excluding hydrogens is 310 g/mol. The third-order valence-corrected chi connectivity index (χ3v) is 3.58.